The van der Waals surface area contributed by atoms with Crippen molar-refractivity contribution in [2.75, 3.05) is 25.0 Å². The minimum absolute atomic E-state index is 0.00160. The minimum atomic E-state index is -0.378. The number of rotatable bonds is 8. The van der Waals surface area contributed by atoms with Gasteiger partial charge in [-0.15, -0.1) is 0 Å². The van der Waals surface area contributed by atoms with E-state index in [4.69, 9.17) is 4.74 Å². The molecule has 112 valence electrons. The third-order valence-corrected chi connectivity index (χ3v) is 3.45. The molecule has 7 heteroatoms. The van der Waals surface area contributed by atoms with E-state index >= 15 is 0 Å². The molecule has 0 aliphatic rings. The lowest BCUT2D eigenvalue weighted by molar-refractivity contribution is -0.120. The fraction of sp³-hybridized carbons (Fsp3) is 0.615. The summed E-state index contributed by atoms with van der Waals surface area (Å²) < 4.78 is 9.14. The average Bonchev–Trinajstić information content (AvgIpc) is 2.78. The third kappa shape index (κ3) is 4.80. The van der Waals surface area contributed by atoms with Crippen LogP contribution < -0.4 is 10.6 Å². The number of aryl methyl sites for hydroxylation is 1. The molecular formula is C13H21N3O3S. The van der Waals surface area contributed by atoms with Crippen molar-refractivity contribution >= 4 is 28.4 Å². The highest BCUT2D eigenvalue weighted by Crippen LogP contribution is 2.25. The largest absolute Gasteiger partial charge is 0.462 e. The summed E-state index contributed by atoms with van der Waals surface area (Å²) in [6.07, 6.45) is 1.28. The molecule has 1 aromatic heterocycles. The number of nitrogens with one attached hydrogen (secondary N) is 2. The second-order valence-corrected chi connectivity index (χ2v) is 4.99. The van der Waals surface area contributed by atoms with Gasteiger partial charge in [0, 0.05) is 19.5 Å². The fourth-order valence-corrected chi connectivity index (χ4v) is 2.38. The molecular weight excluding hydrogens is 278 g/mol. The summed E-state index contributed by atoms with van der Waals surface area (Å²) in [6, 6.07) is 0. The highest BCUT2D eigenvalue weighted by atomic mass is 32.1. The van der Waals surface area contributed by atoms with Gasteiger partial charge in [0.2, 0.25) is 5.91 Å². The number of amides is 1. The normalized spacial score (nSPS) is 10.2. The van der Waals surface area contributed by atoms with Crippen molar-refractivity contribution in [1.29, 1.82) is 0 Å². The molecule has 0 aliphatic heterocycles. The van der Waals surface area contributed by atoms with E-state index in [0.717, 1.165) is 6.42 Å². The Morgan fingerprint density at radius 3 is 2.70 bits per heavy atom. The van der Waals surface area contributed by atoms with E-state index in [9.17, 15) is 9.59 Å². The van der Waals surface area contributed by atoms with Gasteiger partial charge in [-0.3, -0.25) is 4.79 Å². The minimum Gasteiger partial charge on any atom is -0.462 e. The molecule has 0 unspecified atom stereocenters. The summed E-state index contributed by atoms with van der Waals surface area (Å²) in [4.78, 5) is 23.3. The van der Waals surface area contributed by atoms with Crippen molar-refractivity contribution in [3.8, 4) is 0 Å². The Morgan fingerprint density at radius 1 is 1.30 bits per heavy atom. The van der Waals surface area contributed by atoms with Crippen LogP contribution in [0.5, 0.6) is 0 Å². The van der Waals surface area contributed by atoms with Crippen LogP contribution in [0.4, 0.5) is 5.00 Å². The predicted molar refractivity (Wildman–Crippen MR) is 79.2 cm³/mol. The van der Waals surface area contributed by atoms with E-state index in [1.165, 1.54) is 11.5 Å². The molecule has 1 aromatic rings. The maximum Gasteiger partial charge on any atom is 0.343 e. The second-order valence-electron chi connectivity index (χ2n) is 4.22. The molecule has 0 aromatic carbocycles. The SMILES string of the molecule is CCCNC(=O)CCNc1snc(C)c1C(=O)OCC. The predicted octanol–water partition coefficient (Wildman–Crippen LogP) is 1.96. The summed E-state index contributed by atoms with van der Waals surface area (Å²) in [5.74, 6) is -0.380. The summed E-state index contributed by atoms with van der Waals surface area (Å²) in [5.41, 5.74) is 1.11. The van der Waals surface area contributed by atoms with Crippen molar-refractivity contribution < 1.29 is 14.3 Å². The van der Waals surface area contributed by atoms with Crippen molar-refractivity contribution in [2.24, 2.45) is 0 Å². The van der Waals surface area contributed by atoms with Crippen LogP contribution in [-0.2, 0) is 9.53 Å². The van der Waals surface area contributed by atoms with Crippen LogP contribution in [-0.4, -0.2) is 35.9 Å². The van der Waals surface area contributed by atoms with E-state index in [1.54, 1.807) is 13.8 Å². The molecule has 0 spiro atoms. The molecule has 0 fully saturated rings. The van der Waals surface area contributed by atoms with Gasteiger partial charge >= 0.3 is 5.97 Å². The van der Waals surface area contributed by atoms with E-state index in [2.05, 4.69) is 15.0 Å². The highest BCUT2D eigenvalue weighted by Gasteiger charge is 2.19. The zero-order chi connectivity index (χ0) is 15.0. The zero-order valence-electron chi connectivity index (χ0n) is 12.1. The first kappa shape index (κ1) is 16.4. The molecule has 0 radical (unpaired) electrons. The van der Waals surface area contributed by atoms with Crippen LogP contribution >= 0.6 is 11.5 Å². The number of anilines is 1. The van der Waals surface area contributed by atoms with E-state index in [-0.39, 0.29) is 11.9 Å². The molecule has 20 heavy (non-hydrogen) atoms. The quantitative estimate of drug-likeness (QED) is 0.717. The van der Waals surface area contributed by atoms with Gasteiger partial charge in [-0.1, -0.05) is 6.92 Å². The van der Waals surface area contributed by atoms with E-state index in [0.29, 0.717) is 42.4 Å². The molecule has 6 nitrogen and oxygen atoms in total. The maximum absolute atomic E-state index is 11.8. The number of ether oxygens (including phenoxy) is 1. The Hall–Kier alpha value is -1.63. The van der Waals surface area contributed by atoms with Crippen molar-refractivity contribution in [1.82, 2.24) is 9.69 Å². The monoisotopic (exact) mass is 299 g/mol. The molecule has 0 saturated carbocycles. The van der Waals surface area contributed by atoms with Crippen LogP contribution in [0, 0.1) is 6.92 Å². The molecule has 0 bridgehead atoms. The smallest absolute Gasteiger partial charge is 0.343 e. The average molecular weight is 299 g/mol. The zero-order valence-corrected chi connectivity index (χ0v) is 12.9. The standard InChI is InChI=1S/C13H21N3O3S/c1-4-7-14-10(17)6-8-15-12-11(9(3)16-20-12)13(18)19-5-2/h15H,4-8H2,1-3H3,(H,14,17). The van der Waals surface area contributed by atoms with Gasteiger partial charge < -0.3 is 15.4 Å². The number of hydrogen-bond donors (Lipinski definition) is 2. The number of nitrogens with zero attached hydrogens (tertiary/aromatic N) is 1. The van der Waals surface area contributed by atoms with E-state index in [1.807, 2.05) is 6.92 Å². The first-order valence-electron chi connectivity index (χ1n) is 6.74. The number of esters is 1. The van der Waals surface area contributed by atoms with Crippen LogP contribution in [0.2, 0.25) is 0 Å². The lowest BCUT2D eigenvalue weighted by Gasteiger charge is -2.07. The second kappa shape index (κ2) is 8.52. The van der Waals surface area contributed by atoms with Crippen molar-refractivity contribution in [3.63, 3.8) is 0 Å². The molecule has 1 amide bonds. The lowest BCUT2D eigenvalue weighted by Crippen LogP contribution is -2.26. The summed E-state index contributed by atoms with van der Waals surface area (Å²) in [6.45, 7) is 7.01. The van der Waals surface area contributed by atoms with Crippen LogP contribution in [0.15, 0.2) is 0 Å². The van der Waals surface area contributed by atoms with Crippen molar-refractivity contribution in [2.45, 2.75) is 33.6 Å². The topological polar surface area (TPSA) is 80.3 Å². The van der Waals surface area contributed by atoms with Gasteiger partial charge in [-0.2, -0.15) is 4.37 Å². The van der Waals surface area contributed by atoms with Gasteiger partial charge in [-0.25, -0.2) is 4.79 Å². The summed E-state index contributed by atoms with van der Waals surface area (Å²) >= 11 is 1.21. The van der Waals surface area contributed by atoms with Gasteiger partial charge in [0.25, 0.3) is 0 Å². The van der Waals surface area contributed by atoms with Gasteiger partial charge in [-0.05, 0) is 31.8 Å². The molecule has 0 aliphatic carbocycles. The fourth-order valence-electron chi connectivity index (χ4n) is 1.58. The van der Waals surface area contributed by atoms with Crippen LogP contribution in [0.3, 0.4) is 0 Å². The Bertz CT molecular complexity index is 460. The van der Waals surface area contributed by atoms with Crippen molar-refractivity contribution in [3.05, 3.63) is 11.3 Å². The summed E-state index contributed by atoms with van der Waals surface area (Å²) in [5, 5.41) is 6.53. The number of carbonyl (C=O) groups excluding carboxylic acids is 2. The van der Waals surface area contributed by atoms with Crippen LogP contribution in [0.25, 0.3) is 0 Å². The summed E-state index contributed by atoms with van der Waals surface area (Å²) in [7, 11) is 0. The molecule has 2 N–H and O–H groups in total. The van der Waals surface area contributed by atoms with E-state index < -0.39 is 0 Å². The Labute approximate surface area is 123 Å². The third-order valence-electron chi connectivity index (χ3n) is 2.55. The number of carbonyl (C=O) groups is 2. The Kier molecular flexibility index (Phi) is 7.00. The highest BCUT2D eigenvalue weighted by molar-refractivity contribution is 7.10. The number of hydrogen-bond acceptors (Lipinski definition) is 6. The number of aromatic nitrogens is 1. The Balaban J connectivity index is 2.52. The lowest BCUT2D eigenvalue weighted by atomic mass is 10.2. The molecule has 0 atom stereocenters. The van der Waals surface area contributed by atoms with Gasteiger partial charge in [0.15, 0.2) is 0 Å². The van der Waals surface area contributed by atoms with Crippen LogP contribution in [0.1, 0.15) is 42.7 Å². The molecule has 0 saturated heterocycles. The Morgan fingerprint density at radius 2 is 2.05 bits per heavy atom. The molecule has 1 rings (SSSR count). The first-order valence-corrected chi connectivity index (χ1v) is 7.51. The maximum atomic E-state index is 11.8. The first-order chi connectivity index (χ1) is 9.60. The molecule has 1 heterocycles. The van der Waals surface area contributed by atoms with Gasteiger partial charge in [0.05, 0.1) is 12.3 Å². The van der Waals surface area contributed by atoms with Gasteiger partial charge in [0.1, 0.15) is 10.6 Å².